The van der Waals surface area contributed by atoms with E-state index in [1.54, 1.807) is 30.1 Å². The summed E-state index contributed by atoms with van der Waals surface area (Å²) in [5, 5.41) is 0. The average Bonchev–Trinajstić information content (AvgIpc) is 2.48. The molecule has 1 atom stereocenters. The summed E-state index contributed by atoms with van der Waals surface area (Å²) in [7, 11) is 1.71. The number of carbonyl (C=O) groups excluding carboxylic acids is 3. The number of hydrogen-bond acceptors (Lipinski definition) is 4. The van der Waals surface area contributed by atoms with Gasteiger partial charge in [0.25, 0.3) is 5.91 Å². The van der Waals surface area contributed by atoms with Gasteiger partial charge in [0, 0.05) is 26.2 Å². The third-order valence-electron chi connectivity index (χ3n) is 3.23. The van der Waals surface area contributed by atoms with Crippen molar-refractivity contribution >= 4 is 17.7 Å². The Morgan fingerprint density at radius 3 is 2.80 bits per heavy atom. The number of hydrogen-bond donors (Lipinski definition) is 2. The van der Waals surface area contributed by atoms with Crippen LogP contribution >= 0.6 is 0 Å². The molecule has 0 saturated carbocycles. The fourth-order valence-corrected chi connectivity index (χ4v) is 1.95. The molecule has 0 radical (unpaired) electrons. The van der Waals surface area contributed by atoms with Gasteiger partial charge in [-0.05, 0) is 18.6 Å². The van der Waals surface area contributed by atoms with Crippen molar-refractivity contribution in [1.29, 1.82) is 0 Å². The maximum Gasteiger partial charge on any atom is 0.288 e. The summed E-state index contributed by atoms with van der Waals surface area (Å²) in [6, 6.07) is 4.92. The van der Waals surface area contributed by atoms with Crippen LogP contribution in [0.4, 0.5) is 0 Å². The van der Waals surface area contributed by atoms with Crippen LogP contribution in [-0.4, -0.2) is 41.2 Å². The number of rotatable bonds is 2. The molecule has 3 amide bonds. The lowest BCUT2D eigenvalue weighted by Gasteiger charge is -2.27. The Kier molecular flexibility index (Phi) is 4.29. The standard InChI is InChI=1S/C13H16N4O3/c1-17-7-5-9(8-11(17)18)12(19)15-16-13(20)10-4-2-3-6-14-10/h2-4,6,9H,5,7-8H2,1H3,(H,15,19)(H,16,20)/t9-/m1/s1. The molecule has 2 N–H and O–H groups in total. The van der Waals surface area contributed by atoms with E-state index in [-0.39, 0.29) is 23.9 Å². The summed E-state index contributed by atoms with van der Waals surface area (Å²) < 4.78 is 0. The van der Waals surface area contributed by atoms with Crippen LogP contribution < -0.4 is 10.9 Å². The van der Waals surface area contributed by atoms with Crippen LogP contribution in [0.3, 0.4) is 0 Å². The first-order chi connectivity index (χ1) is 9.58. The van der Waals surface area contributed by atoms with Gasteiger partial charge in [0.15, 0.2) is 0 Å². The summed E-state index contributed by atoms with van der Waals surface area (Å²) in [4.78, 5) is 40.5. The van der Waals surface area contributed by atoms with Gasteiger partial charge in [0.1, 0.15) is 5.69 Å². The predicted molar refractivity (Wildman–Crippen MR) is 70.2 cm³/mol. The fourth-order valence-electron chi connectivity index (χ4n) is 1.95. The minimum absolute atomic E-state index is 0.0625. The number of aromatic nitrogens is 1. The summed E-state index contributed by atoms with van der Waals surface area (Å²) in [6.07, 6.45) is 2.25. The molecule has 0 aromatic carbocycles. The summed E-state index contributed by atoms with van der Waals surface area (Å²) in [6.45, 7) is 0.547. The number of nitrogens with zero attached hydrogens (tertiary/aromatic N) is 2. The SMILES string of the molecule is CN1CC[C@@H](C(=O)NNC(=O)c2ccccn2)CC1=O. The quantitative estimate of drug-likeness (QED) is 0.726. The van der Waals surface area contributed by atoms with E-state index in [2.05, 4.69) is 15.8 Å². The van der Waals surface area contributed by atoms with E-state index in [4.69, 9.17) is 0 Å². The maximum atomic E-state index is 11.9. The Morgan fingerprint density at radius 1 is 1.35 bits per heavy atom. The number of piperidine rings is 1. The highest BCUT2D eigenvalue weighted by molar-refractivity contribution is 5.94. The largest absolute Gasteiger partial charge is 0.346 e. The van der Waals surface area contributed by atoms with Crippen molar-refractivity contribution in [3.8, 4) is 0 Å². The van der Waals surface area contributed by atoms with Crippen molar-refractivity contribution in [2.24, 2.45) is 5.92 Å². The molecule has 106 valence electrons. The molecule has 2 rings (SSSR count). The van der Waals surface area contributed by atoms with Crippen LogP contribution in [-0.2, 0) is 9.59 Å². The molecule has 1 aliphatic rings. The molecule has 0 spiro atoms. The molecule has 20 heavy (non-hydrogen) atoms. The Morgan fingerprint density at radius 2 is 2.15 bits per heavy atom. The number of hydrazine groups is 1. The van der Waals surface area contributed by atoms with Crippen molar-refractivity contribution in [3.05, 3.63) is 30.1 Å². The summed E-state index contributed by atoms with van der Waals surface area (Å²) >= 11 is 0. The molecule has 7 heteroatoms. The van der Waals surface area contributed by atoms with Crippen molar-refractivity contribution in [3.63, 3.8) is 0 Å². The molecular formula is C13H16N4O3. The zero-order valence-electron chi connectivity index (χ0n) is 11.1. The third-order valence-corrected chi connectivity index (χ3v) is 3.23. The van der Waals surface area contributed by atoms with E-state index >= 15 is 0 Å². The number of nitrogens with one attached hydrogen (secondary N) is 2. The van der Waals surface area contributed by atoms with Crippen molar-refractivity contribution in [2.45, 2.75) is 12.8 Å². The number of amides is 3. The van der Waals surface area contributed by atoms with E-state index < -0.39 is 11.8 Å². The molecule has 0 unspecified atom stereocenters. The van der Waals surface area contributed by atoms with E-state index in [0.717, 1.165) is 0 Å². The number of pyridine rings is 1. The molecule has 7 nitrogen and oxygen atoms in total. The van der Waals surface area contributed by atoms with Gasteiger partial charge in [-0.15, -0.1) is 0 Å². The lowest BCUT2D eigenvalue weighted by atomic mass is 9.96. The molecule has 2 heterocycles. The van der Waals surface area contributed by atoms with Gasteiger partial charge in [-0.25, -0.2) is 0 Å². The normalized spacial score (nSPS) is 18.6. The minimum atomic E-state index is -0.488. The van der Waals surface area contributed by atoms with Crippen molar-refractivity contribution < 1.29 is 14.4 Å². The first kappa shape index (κ1) is 14.0. The first-order valence-corrected chi connectivity index (χ1v) is 6.33. The Bertz CT molecular complexity index is 518. The van der Waals surface area contributed by atoms with Gasteiger partial charge in [-0.2, -0.15) is 0 Å². The lowest BCUT2D eigenvalue weighted by molar-refractivity contribution is -0.139. The Hall–Kier alpha value is -2.44. The minimum Gasteiger partial charge on any atom is -0.346 e. The molecule has 0 bridgehead atoms. The zero-order chi connectivity index (χ0) is 14.5. The highest BCUT2D eigenvalue weighted by Gasteiger charge is 2.28. The van der Waals surface area contributed by atoms with Crippen molar-refractivity contribution in [2.75, 3.05) is 13.6 Å². The molecular weight excluding hydrogens is 260 g/mol. The lowest BCUT2D eigenvalue weighted by Crippen LogP contribution is -2.48. The molecule has 1 fully saturated rings. The molecule has 1 aromatic heterocycles. The van der Waals surface area contributed by atoms with Gasteiger partial charge in [0.2, 0.25) is 11.8 Å². The fraction of sp³-hybridized carbons (Fsp3) is 0.385. The van der Waals surface area contributed by atoms with Crippen LogP contribution in [0, 0.1) is 5.92 Å². The van der Waals surface area contributed by atoms with E-state index in [0.29, 0.717) is 13.0 Å². The second-order valence-corrected chi connectivity index (χ2v) is 4.66. The van der Waals surface area contributed by atoms with Crippen molar-refractivity contribution in [1.82, 2.24) is 20.7 Å². The topological polar surface area (TPSA) is 91.4 Å². The smallest absolute Gasteiger partial charge is 0.288 e. The summed E-state index contributed by atoms with van der Waals surface area (Å²) in [5.74, 6) is -1.30. The van der Waals surface area contributed by atoms with Gasteiger partial charge < -0.3 is 4.90 Å². The molecule has 0 aliphatic carbocycles. The van der Waals surface area contributed by atoms with Crippen LogP contribution in [0.2, 0.25) is 0 Å². The highest BCUT2D eigenvalue weighted by Crippen LogP contribution is 2.16. The Balaban J connectivity index is 1.84. The van der Waals surface area contributed by atoms with Gasteiger partial charge in [0.05, 0.1) is 5.92 Å². The maximum absolute atomic E-state index is 11.9. The number of carbonyl (C=O) groups is 3. The van der Waals surface area contributed by atoms with Crippen LogP contribution in [0.5, 0.6) is 0 Å². The predicted octanol–water partition coefficient (Wildman–Crippen LogP) is -0.289. The number of likely N-dealkylation sites (tertiary alicyclic amines) is 1. The van der Waals surface area contributed by atoms with Crippen LogP contribution in [0.1, 0.15) is 23.3 Å². The first-order valence-electron chi connectivity index (χ1n) is 6.33. The highest BCUT2D eigenvalue weighted by atomic mass is 16.2. The van der Waals surface area contributed by atoms with Crippen LogP contribution in [0.15, 0.2) is 24.4 Å². The van der Waals surface area contributed by atoms with Gasteiger partial charge in [-0.3, -0.25) is 30.2 Å². The van der Waals surface area contributed by atoms with Gasteiger partial charge >= 0.3 is 0 Å². The molecule has 1 saturated heterocycles. The second-order valence-electron chi connectivity index (χ2n) is 4.66. The van der Waals surface area contributed by atoms with E-state index in [9.17, 15) is 14.4 Å². The van der Waals surface area contributed by atoms with E-state index in [1.807, 2.05) is 0 Å². The zero-order valence-corrected chi connectivity index (χ0v) is 11.1. The monoisotopic (exact) mass is 276 g/mol. The Labute approximate surface area is 116 Å². The average molecular weight is 276 g/mol. The second kappa shape index (κ2) is 6.14. The third kappa shape index (κ3) is 3.31. The molecule has 1 aliphatic heterocycles. The van der Waals surface area contributed by atoms with Gasteiger partial charge in [-0.1, -0.05) is 6.07 Å². The summed E-state index contributed by atoms with van der Waals surface area (Å²) in [5.41, 5.74) is 4.85. The van der Waals surface area contributed by atoms with E-state index in [1.165, 1.54) is 6.20 Å². The molecule has 1 aromatic rings. The van der Waals surface area contributed by atoms with Crippen LogP contribution in [0.25, 0.3) is 0 Å².